The molecule has 3 aliphatic heterocycles. The maximum atomic E-state index is 13.4. The fourth-order valence-corrected chi connectivity index (χ4v) is 7.53. The minimum Gasteiger partial charge on any atom is -0.508 e. The Morgan fingerprint density at radius 3 is 2.73 bits per heavy atom. The van der Waals surface area contributed by atoms with E-state index in [0.29, 0.717) is 29.8 Å². The monoisotopic (exact) mass is 705 g/mol. The highest BCUT2D eigenvalue weighted by Crippen LogP contribution is 2.41. The number of pyridine rings is 1. The summed E-state index contributed by atoms with van der Waals surface area (Å²) in [5.41, 5.74) is 6.84. The fraction of sp³-hybridized carbons (Fsp3) is 0.226. The first-order valence-electron chi connectivity index (χ1n) is 14.7. The quantitative estimate of drug-likeness (QED) is 0.0428. The van der Waals surface area contributed by atoms with E-state index >= 15 is 0 Å². The Labute approximate surface area is 286 Å². The third kappa shape index (κ3) is 6.95. The first-order valence-corrected chi connectivity index (χ1v) is 16.7. The molecule has 3 aromatic rings. The van der Waals surface area contributed by atoms with Gasteiger partial charge in [0.25, 0.3) is 17.7 Å². The van der Waals surface area contributed by atoms with Crippen LogP contribution in [0.2, 0.25) is 0 Å². The largest absolute Gasteiger partial charge is 0.508 e. The number of thiazole rings is 1. The standard InChI is InChI=1S/C31H28N8O8S2/c32-31-34-21(15-49-31)23(36-47)26(42)35-24-28(44)39-25(30(45)46)18(14-48-29(24)39)9-17-6-8-38(27(17)43)12-16-3-2-7-37(11-16)13-22(41)33-19-4-1-5-20(40)10-19/h1-5,7,9-11,15,24,29H,6,8,12-14H2,(H6-,32,33,34,35,40,41,42,45,46,47)/p+1/b17-9+/t24-,29-/m1/s1. The highest BCUT2D eigenvalue weighted by Gasteiger charge is 2.54. The van der Waals surface area contributed by atoms with E-state index < -0.39 is 34.9 Å². The number of aromatic hydroxyl groups is 1. The third-order valence-electron chi connectivity index (χ3n) is 7.88. The van der Waals surface area contributed by atoms with Crippen LogP contribution in [0.3, 0.4) is 0 Å². The third-order valence-corrected chi connectivity index (χ3v) is 9.85. The fourth-order valence-electron chi connectivity index (χ4n) is 5.67. The normalized spacial score (nSPS) is 19.9. The van der Waals surface area contributed by atoms with Crippen molar-refractivity contribution in [3.63, 3.8) is 0 Å². The van der Waals surface area contributed by atoms with E-state index in [1.807, 2.05) is 6.07 Å². The Bertz CT molecular complexity index is 1980. The summed E-state index contributed by atoms with van der Waals surface area (Å²) < 4.78 is 1.68. The number of oxime groups is 1. The summed E-state index contributed by atoms with van der Waals surface area (Å²) in [4.78, 5) is 70.8. The summed E-state index contributed by atoms with van der Waals surface area (Å²) in [6.45, 7) is 0.648. The number of allylic oxidation sites excluding steroid dienone is 1. The number of carboxylic acid groups (broad SMARTS) is 1. The average molecular weight is 706 g/mol. The van der Waals surface area contributed by atoms with Crippen LogP contribution < -0.4 is 20.9 Å². The number of nitrogens with zero attached hydrogens (tertiary/aromatic N) is 5. The van der Waals surface area contributed by atoms with Gasteiger partial charge < -0.3 is 36.7 Å². The number of likely N-dealkylation sites (tertiary alicyclic amines) is 1. The summed E-state index contributed by atoms with van der Waals surface area (Å²) >= 11 is 2.26. The van der Waals surface area contributed by atoms with Crippen molar-refractivity contribution in [1.82, 2.24) is 20.1 Å². The van der Waals surface area contributed by atoms with Gasteiger partial charge >= 0.3 is 5.97 Å². The van der Waals surface area contributed by atoms with Gasteiger partial charge in [0.05, 0.1) is 6.54 Å². The lowest BCUT2D eigenvalue weighted by Gasteiger charge is -2.49. The van der Waals surface area contributed by atoms with Crippen LogP contribution >= 0.6 is 23.1 Å². The SMILES string of the molecule is Nc1nc(/C(=N/O)C(=O)N[C@@H]2C(=O)N3C(C(=O)O)=C(/C=C4\CCN(Cc5ccc[n+](CC(=O)Nc6cccc(O)c6)c5)C4=O)CS[C@H]23)cs1. The molecule has 0 aliphatic carbocycles. The lowest BCUT2D eigenvalue weighted by atomic mass is 10.0. The van der Waals surface area contributed by atoms with Crippen LogP contribution in [0.5, 0.6) is 5.75 Å². The number of phenols is 1. The molecular formula is C31H29N8O8S2+. The Morgan fingerprint density at radius 1 is 1.20 bits per heavy atom. The number of rotatable bonds is 10. The number of nitrogens with one attached hydrogen (secondary N) is 2. The van der Waals surface area contributed by atoms with Crippen LogP contribution in [0, 0.1) is 0 Å². The number of benzene rings is 1. The number of carbonyl (C=O) groups is 5. The van der Waals surface area contributed by atoms with Gasteiger partial charge in [0.15, 0.2) is 23.2 Å². The average Bonchev–Trinajstić information content (AvgIpc) is 3.64. The van der Waals surface area contributed by atoms with Gasteiger partial charge in [-0.25, -0.2) is 9.78 Å². The highest BCUT2D eigenvalue weighted by molar-refractivity contribution is 8.00. The zero-order valence-electron chi connectivity index (χ0n) is 25.5. The number of phenolic OH excluding ortho intramolecular Hbond substituents is 1. The van der Waals surface area contributed by atoms with E-state index in [9.17, 15) is 39.4 Å². The Balaban J connectivity index is 1.10. The molecule has 252 valence electrons. The minimum atomic E-state index is -1.35. The van der Waals surface area contributed by atoms with E-state index in [1.54, 1.807) is 40.1 Å². The predicted octanol–water partition coefficient (Wildman–Crippen LogP) is 0.633. The molecular weight excluding hydrogens is 677 g/mol. The van der Waals surface area contributed by atoms with Crippen LogP contribution in [-0.4, -0.2) is 89.2 Å². The lowest BCUT2D eigenvalue weighted by molar-refractivity contribution is -0.684. The zero-order chi connectivity index (χ0) is 34.8. The molecule has 4 amide bonds. The molecule has 18 heteroatoms. The molecule has 3 aliphatic rings. The Morgan fingerprint density at radius 2 is 2.02 bits per heavy atom. The first-order chi connectivity index (χ1) is 23.5. The molecule has 16 nitrogen and oxygen atoms in total. The molecule has 49 heavy (non-hydrogen) atoms. The first kappa shape index (κ1) is 33.2. The number of amides is 4. The number of aromatic nitrogens is 2. The van der Waals surface area contributed by atoms with Gasteiger partial charge in [-0.05, 0) is 36.3 Å². The topological polar surface area (TPSA) is 232 Å². The van der Waals surface area contributed by atoms with Gasteiger partial charge in [-0.1, -0.05) is 11.2 Å². The molecule has 5 heterocycles. The van der Waals surface area contributed by atoms with Gasteiger partial charge in [0.2, 0.25) is 12.5 Å². The van der Waals surface area contributed by atoms with E-state index in [1.165, 1.54) is 35.4 Å². The number of carboxylic acids is 1. The second-order valence-electron chi connectivity index (χ2n) is 11.2. The number of nitrogen functional groups attached to an aromatic ring is 1. The molecule has 0 saturated carbocycles. The number of β-lactam (4-membered cyclic amide) rings is 1. The molecule has 0 bridgehead atoms. The van der Waals surface area contributed by atoms with Gasteiger partial charge in [-0.2, -0.15) is 4.57 Å². The second kappa shape index (κ2) is 13.8. The van der Waals surface area contributed by atoms with Crippen molar-refractivity contribution in [2.75, 3.05) is 23.3 Å². The van der Waals surface area contributed by atoms with E-state index in [4.69, 9.17) is 5.73 Å². The Kier molecular flexibility index (Phi) is 9.32. The number of aliphatic carboxylic acids is 1. The predicted molar refractivity (Wildman–Crippen MR) is 176 cm³/mol. The van der Waals surface area contributed by atoms with Crippen molar-refractivity contribution in [2.24, 2.45) is 5.16 Å². The molecule has 2 saturated heterocycles. The number of anilines is 2. The number of carbonyl (C=O) groups excluding carboxylic acids is 4. The number of thioether (sulfide) groups is 1. The van der Waals surface area contributed by atoms with Crippen molar-refractivity contribution in [2.45, 2.75) is 30.9 Å². The maximum absolute atomic E-state index is 13.4. The summed E-state index contributed by atoms with van der Waals surface area (Å²) in [5, 5.41) is 38.1. The molecule has 2 aromatic heterocycles. The molecule has 2 atom stereocenters. The van der Waals surface area contributed by atoms with E-state index in [2.05, 4.69) is 20.8 Å². The maximum Gasteiger partial charge on any atom is 0.352 e. The van der Waals surface area contributed by atoms with Gasteiger partial charge in [-0.15, -0.1) is 23.1 Å². The second-order valence-corrected chi connectivity index (χ2v) is 13.2. The van der Waals surface area contributed by atoms with E-state index in [0.717, 1.165) is 21.8 Å². The van der Waals surface area contributed by atoms with Gasteiger partial charge in [-0.3, -0.25) is 24.1 Å². The number of fused-ring (bicyclic) bond motifs is 1. The zero-order valence-corrected chi connectivity index (χ0v) is 27.1. The van der Waals surface area contributed by atoms with Crippen molar-refractivity contribution >= 4 is 69.2 Å². The van der Waals surface area contributed by atoms with E-state index in [-0.39, 0.29) is 52.9 Å². The summed E-state index contributed by atoms with van der Waals surface area (Å²) in [6, 6.07) is 8.73. The molecule has 6 rings (SSSR count). The van der Waals surface area contributed by atoms with Crippen LogP contribution in [0.25, 0.3) is 0 Å². The molecule has 7 N–H and O–H groups in total. The lowest BCUT2D eigenvalue weighted by Crippen LogP contribution is -2.71. The number of hydrogen-bond acceptors (Lipinski definition) is 12. The smallest absolute Gasteiger partial charge is 0.352 e. The number of nitrogens with two attached hydrogens (primary N) is 1. The minimum absolute atomic E-state index is 0.00421. The van der Waals surface area contributed by atoms with Crippen molar-refractivity contribution in [1.29, 1.82) is 0 Å². The number of hydrogen-bond donors (Lipinski definition) is 6. The van der Waals surface area contributed by atoms with Crippen LogP contribution in [0.15, 0.2) is 82.2 Å². The van der Waals surface area contributed by atoms with Crippen LogP contribution in [-0.2, 0) is 37.1 Å². The molecule has 2 fully saturated rings. The van der Waals surface area contributed by atoms with Crippen molar-refractivity contribution < 1.29 is 44.0 Å². The summed E-state index contributed by atoms with van der Waals surface area (Å²) in [7, 11) is 0. The van der Waals surface area contributed by atoms with Crippen LogP contribution in [0.1, 0.15) is 17.7 Å². The molecule has 0 radical (unpaired) electrons. The highest BCUT2D eigenvalue weighted by atomic mass is 32.2. The Hall–Kier alpha value is -5.75. The van der Waals surface area contributed by atoms with Crippen molar-refractivity contribution in [3.8, 4) is 5.75 Å². The molecule has 0 spiro atoms. The summed E-state index contributed by atoms with van der Waals surface area (Å²) in [5.74, 6) is -3.28. The van der Waals surface area contributed by atoms with Crippen molar-refractivity contribution in [3.05, 3.63) is 88.3 Å². The molecule has 0 unspecified atom stereocenters. The molecule has 1 aromatic carbocycles. The van der Waals surface area contributed by atoms with Crippen LogP contribution in [0.4, 0.5) is 10.8 Å². The van der Waals surface area contributed by atoms with Gasteiger partial charge in [0, 0.05) is 46.6 Å². The summed E-state index contributed by atoms with van der Waals surface area (Å²) in [6.07, 6.45) is 5.36. The van der Waals surface area contributed by atoms with Gasteiger partial charge in [0.1, 0.15) is 28.6 Å².